The number of fused-ring (bicyclic) bond motifs is 9. The summed E-state index contributed by atoms with van der Waals surface area (Å²) in [5.41, 5.74) is 13.9. The number of rotatable bonds is 6. The second-order valence-electron chi connectivity index (χ2n) is 15.9. The zero-order valence-electron chi connectivity index (χ0n) is 33.6. The molecule has 0 radical (unpaired) electrons. The van der Waals surface area contributed by atoms with Crippen molar-refractivity contribution in [1.82, 2.24) is 0 Å². The minimum atomic E-state index is 0.902. The van der Waals surface area contributed by atoms with Crippen LogP contribution in [0.15, 0.2) is 205 Å². The van der Waals surface area contributed by atoms with E-state index in [-0.39, 0.29) is 0 Å². The molecule has 10 aromatic carbocycles. The van der Waals surface area contributed by atoms with Crippen LogP contribution in [-0.4, -0.2) is 0 Å². The van der Waals surface area contributed by atoms with Gasteiger partial charge in [0.25, 0.3) is 0 Å². The lowest BCUT2D eigenvalue weighted by molar-refractivity contribution is 0.670. The number of para-hydroxylation sites is 2. The van der Waals surface area contributed by atoms with Crippen LogP contribution in [0.2, 0.25) is 0 Å². The zero-order chi connectivity index (χ0) is 40.6. The first kappa shape index (κ1) is 35.4. The van der Waals surface area contributed by atoms with Crippen molar-refractivity contribution in [2.45, 2.75) is 6.92 Å². The molecule has 2 heterocycles. The van der Waals surface area contributed by atoms with E-state index in [2.05, 4.69) is 202 Å². The van der Waals surface area contributed by atoms with Crippen LogP contribution in [-0.2, 0) is 0 Å². The van der Waals surface area contributed by atoms with Crippen LogP contribution in [0, 0.1) is 6.92 Å². The summed E-state index contributed by atoms with van der Waals surface area (Å²) in [4.78, 5) is 0. The SMILES string of the molecule is C=C/C=C\c1c(C)c(-c2cccc3c2oc2ccccc23)c2ccccc2c1-c1cccc2sc3ccc(-c4c5ccccc5c(-c5ccccc5)c5ccccc45)cc3c12. The molecule has 0 saturated heterocycles. The highest BCUT2D eigenvalue weighted by molar-refractivity contribution is 7.26. The highest BCUT2D eigenvalue weighted by Gasteiger charge is 2.24. The minimum Gasteiger partial charge on any atom is -0.455 e. The van der Waals surface area contributed by atoms with Crippen LogP contribution < -0.4 is 0 Å². The number of hydrogen-bond acceptors (Lipinski definition) is 2. The molecule has 0 aliphatic heterocycles. The monoisotopic (exact) mass is 794 g/mol. The molecular formula is C59H38OS. The van der Waals surface area contributed by atoms with Crippen LogP contribution in [0.5, 0.6) is 0 Å². The molecule has 12 rings (SSSR count). The largest absolute Gasteiger partial charge is 0.455 e. The van der Waals surface area contributed by atoms with Gasteiger partial charge in [-0.1, -0.05) is 183 Å². The molecule has 0 aliphatic carbocycles. The molecule has 0 amide bonds. The molecule has 0 atom stereocenters. The van der Waals surface area contributed by atoms with Crippen molar-refractivity contribution in [3.8, 4) is 44.5 Å². The Morgan fingerprint density at radius 2 is 1.00 bits per heavy atom. The molecule has 0 N–H and O–H groups in total. The quantitative estimate of drug-likeness (QED) is 0.121. The first-order valence-electron chi connectivity index (χ1n) is 20.9. The first-order chi connectivity index (χ1) is 30.2. The summed E-state index contributed by atoms with van der Waals surface area (Å²) in [7, 11) is 0. The van der Waals surface area contributed by atoms with E-state index in [4.69, 9.17) is 4.42 Å². The maximum Gasteiger partial charge on any atom is 0.143 e. The predicted octanol–water partition coefficient (Wildman–Crippen LogP) is 17.6. The average Bonchev–Trinajstić information content (AvgIpc) is 3.89. The van der Waals surface area contributed by atoms with E-state index in [1.165, 1.54) is 103 Å². The van der Waals surface area contributed by atoms with Gasteiger partial charge in [0.2, 0.25) is 0 Å². The van der Waals surface area contributed by atoms with Crippen LogP contribution in [0.3, 0.4) is 0 Å². The molecule has 1 nitrogen and oxygen atoms in total. The lowest BCUT2D eigenvalue weighted by Gasteiger charge is -2.21. The molecule has 286 valence electrons. The Labute approximate surface area is 357 Å². The molecule has 0 fully saturated rings. The second kappa shape index (κ2) is 14.1. The fourth-order valence-electron chi connectivity index (χ4n) is 10.1. The lowest BCUT2D eigenvalue weighted by atomic mass is 9.82. The van der Waals surface area contributed by atoms with Crippen molar-refractivity contribution in [2.24, 2.45) is 0 Å². The van der Waals surface area contributed by atoms with Gasteiger partial charge in [0, 0.05) is 36.5 Å². The molecule has 2 aromatic heterocycles. The molecule has 0 spiro atoms. The van der Waals surface area contributed by atoms with Crippen molar-refractivity contribution in [2.75, 3.05) is 0 Å². The third-order valence-corrected chi connectivity index (χ3v) is 13.8. The normalized spacial score (nSPS) is 12.0. The molecule has 61 heavy (non-hydrogen) atoms. The smallest absolute Gasteiger partial charge is 0.143 e. The summed E-state index contributed by atoms with van der Waals surface area (Å²) in [6.07, 6.45) is 6.20. The first-order valence-corrected chi connectivity index (χ1v) is 21.7. The van der Waals surface area contributed by atoms with Crippen LogP contribution in [0.1, 0.15) is 11.1 Å². The second-order valence-corrected chi connectivity index (χ2v) is 17.0. The van der Waals surface area contributed by atoms with Crippen LogP contribution >= 0.6 is 11.3 Å². The Kier molecular flexibility index (Phi) is 8.16. The van der Waals surface area contributed by atoms with E-state index in [9.17, 15) is 0 Å². The summed E-state index contributed by atoms with van der Waals surface area (Å²) < 4.78 is 9.22. The molecule has 0 aliphatic rings. The number of hydrogen-bond donors (Lipinski definition) is 0. The zero-order valence-corrected chi connectivity index (χ0v) is 34.4. The standard InChI is InChI=1S/C59H38OS/c1-3-4-20-39-36(2)54(49-30-16-28-47-40-21-14-15-31-51(40)60-59(47)49)41-22-8-13-27-46(41)57(39)48-29-17-32-53-58(48)50-35-38(33-34-52(50)61-53)56-44-25-11-9-23-42(44)55(37-18-6-5-7-19-37)43-24-10-12-26-45(43)56/h3-35H,1H2,2H3/b20-4-. The van der Waals surface area contributed by atoms with Gasteiger partial charge in [-0.05, 0) is 114 Å². The van der Waals surface area contributed by atoms with Gasteiger partial charge in [-0.25, -0.2) is 0 Å². The highest BCUT2D eigenvalue weighted by Crippen LogP contribution is 2.50. The van der Waals surface area contributed by atoms with Gasteiger partial charge in [-0.2, -0.15) is 0 Å². The van der Waals surface area contributed by atoms with Crippen molar-refractivity contribution in [3.05, 3.63) is 212 Å². The highest BCUT2D eigenvalue weighted by atomic mass is 32.1. The topological polar surface area (TPSA) is 13.1 Å². The number of thiophene rings is 1. The van der Waals surface area contributed by atoms with Crippen molar-refractivity contribution >= 4 is 91.8 Å². The van der Waals surface area contributed by atoms with Crippen LogP contribution in [0.25, 0.3) is 125 Å². The fraction of sp³-hybridized carbons (Fsp3) is 0.0169. The molecule has 0 unspecified atom stereocenters. The minimum absolute atomic E-state index is 0.902. The van der Waals surface area contributed by atoms with Crippen molar-refractivity contribution in [3.63, 3.8) is 0 Å². The Balaban J connectivity index is 1.15. The summed E-state index contributed by atoms with van der Waals surface area (Å²) in [5, 5.41) is 12.3. The Hall–Kier alpha value is -7.52. The fourth-order valence-corrected chi connectivity index (χ4v) is 11.2. The van der Waals surface area contributed by atoms with Crippen molar-refractivity contribution in [1.29, 1.82) is 0 Å². The van der Waals surface area contributed by atoms with E-state index in [0.29, 0.717) is 0 Å². The van der Waals surface area contributed by atoms with Gasteiger partial charge in [-0.3, -0.25) is 0 Å². The van der Waals surface area contributed by atoms with Crippen molar-refractivity contribution < 1.29 is 4.42 Å². The summed E-state index contributed by atoms with van der Waals surface area (Å²) in [6.45, 7) is 6.38. The summed E-state index contributed by atoms with van der Waals surface area (Å²) in [5.74, 6) is 0. The molecular weight excluding hydrogens is 757 g/mol. The van der Waals surface area contributed by atoms with Gasteiger partial charge in [0.15, 0.2) is 0 Å². The van der Waals surface area contributed by atoms with Gasteiger partial charge >= 0.3 is 0 Å². The maximum atomic E-state index is 6.67. The van der Waals surface area contributed by atoms with Gasteiger partial charge in [0.05, 0.1) is 0 Å². The van der Waals surface area contributed by atoms with E-state index in [0.717, 1.165) is 27.5 Å². The van der Waals surface area contributed by atoms with Gasteiger partial charge in [-0.15, -0.1) is 11.3 Å². The molecule has 12 aromatic rings. The van der Waals surface area contributed by atoms with Gasteiger partial charge in [0.1, 0.15) is 11.2 Å². The summed E-state index contributed by atoms with van der Waals surface area (Å²) in [6, 6.07) is 66.5. The number of benzene rings is 10. The molecule has 0 saturated carbocycles. The summed E-state index contributed by atoms with van der Waals surface area (Å²) >= 11 is 1.87. The maximum absolute atomic E-state index is 6.67. The van der Waals surface area contributed by atoms with E-state index in [1.54, 1.807) is 0 Å². The Morgan fingerprint density at radius 3 is 1.69 bits per heavy atom. The molecule has 0 bridgehead atoms. The van der Waals surface area contributed by atoms with Crippen LogP contribution in [0.4, 0.5) is 0 Å². The Morgan fingerprint density at radius 1 is 0.443 bits per heavy atom. The predicted molar refractivity (Wildman–Crippen MR) is 265 cm³/mol. The van der Waals surface area contributed by atoms with E-state index < -0.39 is 0 Å². The third-order valence-electron chi connectivity index (χ3n) is 12.6. The average molecular weight is 795 g/mol. The Bertz CT molecular complexity index is 3730. The molecule has 2 heteroatoms. The van der Waals surface area contributed by atoms with Gasteiger partial charge < -0.3 is 4.42 Å². The number of allylic oxidation sites excluding steroid dienone is 2. The number of furan rings is 1. The lowest BCUT2D eigenvalue weighted by Crippen LogP contribution is -1.96. The van der Waals surface area contributed by atoms with E-state index in [1.807, 2.05) is 23.5 Å². The van der Waals surface area contributed by atoms with E-state index >= 15 is 0 Å². The third kappa shape index (κ3) is 5.39.